The Bertz CT molecular complexity index is 546. The lowest BCUT2D eigenvalue weighted by Crippen LogP contribution is -2.27. The van der Waals surface area contributed by atoms with Crippen LogP contribution >= 0.6 is 0 Å². The van der Waals surface area contributed by atoms with Crippen molar-refractivity contribution in [2.24, 2.45) is 0 Å². The number of hydrogen-bond acceptors (Lipinski definition) is 4. The van der Waals surface area contributed by atoms with E-state index in [1.54, 1.807) is 11.8 Å². The maximum Gasteiger partial charge on any atom is 0.121 e. The molecule has 0 bridgehead atoms. The molecular weight excluding hydrogens is 240 g/mol. The summed E-state index contributed by atoms with van der Waals surface area (Å²) in [5, 5.41) is 12.0. The van der Waals surface area contributed by atoms with Crippen LogP contribution < -0.4 is 10.1 Å². The Kier molecular flexibility index (Phi) is 3.46. The highest BCUT2D eigenvalue weighted by atomic mass is 16.5. The first-order valence-electron chi connectivity index (χ1n) is 6.67. The van der Waals surface area contributed by atoms with E-state index in [2.05, 4.69) is 15.6 Å². The van der Waals surface area contributed by atoms with Gasteiger partial charge in [0.25, 0.3) is 0 Å². The van der Waals surface area contributed by atoms with Crippen LogP contribution in [0.5, 0.6) is 5.75 Å². The number of aromatic nitrogens is 3. The van der Waals surface area contributed by atoms with Gasteiger partial charge in [0.15, 0.2) is 0 Å². The van der Waals surface area contributed by atoms with Gasteiger partial charge in [-0.1, -0.05) is 17.7 Å². The van der Waals surface area contributed by atoms with Crippen molar-refractivity contribution in [3.8, 4) is 11.4 Å². The number of hydrogen-bond donors (Lipinski definition) is 1. The van der Waals surface area contributed by atoms with Crippen LogP contribution in [0.15, 0.2) is 30.5 Å². The van der Waals surface area contributed by atoms with Crippen molar-refractivity contribution in [1.29, 1.82) is 0 Å². The summed E-state index contributed by atoms with van der Waals surface area (Å²) >= 11 is 0. The zero-order chi connectivity index (χ0) is 13.1. The third kappa shape index (κ3) is 2.61. The molecule has 1 aromatic heterocycles. The van der Waals surface area contributed by atoms with Gasteiger partial charge in [-0.25, -0.2) is 4.68 Å². The molecule has 100 valence electrons. The largest absolute Gasteiger partial charge is 0.497 e. The second-order valence-electron chi connectivity index (χ2n) is 4.79. The fourth-order valence-corrected chi connectivity index (χ4v) is 2.42. The standard InChI is InChI=1S/C14H18N4O/c1-19-12-6-4-5-11(9-12)18-10-14(16-17-18)13-7-2-3-8-15-13/h4-6,9-10,13,15H,2-3,7-8H2,1H3. The first-order valence-corrected chi connectivity index (χ1v) is 6.67. The normalized spacial score (nSPS) is 19.3. The maximum absolute atomic E-state index is 5.23. The van der Waals surface area contributed by atoms with Crippen LogP contribution in [0.1, 0.15) is 31.0 Å². The monoisotopic (exact) mass is 258 g/mol. The van der Waals surface area contributed by atoms with Crippen LogP contribution in [0.2, 0.25) is 0 Å². The van der Waals surface area contributed by atoms with E-state index in [0.717, 1.165) is 30.1 Å². The van der Waals surface area contributed by atoms with E-state index in [1.807, 2.05) is 30.5 Å². The molecule has 1 saturated heterocycles. The molecule has 3 rings (SSSR count). The van der Waals surface area contributed by atoms with Crippen molar-refractivity contribution in [3.63, 3.8) is 0 Å². The SMILES string of the molecule is COc1cccc(-n2cc(C3CCCCN3)nn2)c1. The summed E-state index contributed by atoms with van der Waals surface area (Å²) < 4.78 is 7.03. The summed E-state index contributed by atoms with van der Waals surface area (Å²) in [6.07, 6.45) is 5.64. The highest BCUT2D eigenvalue weighted by Crippen LogP contribution is 2.22. The smallest absolute Gasteiger partial charge is 0.121 e. The van der Waals surface area contributed by atoms with E-state index in [4.69, 9.17) is 4.74 Å². The van der Waals surface area contributed by atoms with Gasteiger partial charge in [-0.3, -0.25) is 0 Å². The number of nitrogens with zero attached hydrogens (tertiary/aromatic N) is 3. The molecule has 19 heavy (non-hydrogen) atoms. The molecule has 5 heteroatoms. The molecule has 5 nitrogen and oxygen atoms in total. The average Bonchev–Trinajstić information content (AvgIpc) is 2.98. The molecule has 1 N–H and O–H groups in total. The van der Waals surface area contributed by atoms with E-state index < -0.39 is 0 Å². The lowest BCUT2D eigenvalue weighted by molar-refractivity contribution is 0.405. The van der Waals surface area contributed by atoms with Crippen molar-refractivity contribution in [2.45, 2.75) is 25.3 Å². The van der Waals surface area contributed by atoms with E-state index in [0.29, 0.717) is 6.04 Å². The van der Waals surface area contributed by atoms with Crippen molar-refractivity contribution < 1.29 is 4.74 Å². The third-order valence-electron chi connectivity index (χ3n) is 3.50. The highest BCUT2D eigenvalue weighted by molar-refractivity contribution is 5.38. The Morgan fingerprint density at radius 2 is 2.32 bits per heavy atom. The quantitative estimate of drug-likeness (QED) is 0.916. The zero-order valence-electron chi connectivity index (χ0n) is 11.0. The van der Waals surface area contributed by atoms with Crippen LogP contribution in [0.3, 0.4) is 0 Å². The summed E-state index contributed by atoms with van der Waals surface area (Å²) in [6, 6.07) is 8.16. The Morgan fingerprint density at radius 3 is 3.11 bits per heavy atom. The molecule has 1 aromatic carbocycles. The topological polar surface area (TPSA) is 52.0 Å². The molecule has 0 spiro atoms. The van der Waals surface area contributed by atoms with Crippen LogP contribution in [-0.2, 0) is 0 Å². The number of ether oxygens (including phenoxy) is 1. The van der Waals surface area contributed by atoms with E-state index in [9.17, 15) is 0 Å². The lowest BCUT2D eigenvalue weighted by atomic mass is 10.0. The van der Waals surface area contributed by atoms with Crippen molar-refractivity contribution in [3.05, 3.63) is 36.2 Å². The predicted octanol–water partition coefficient (Wildman–Crippen LogP) is 2.09. The van der Waals surface area contributed by atoms with Crippen molar-refractivity contribution in [2.75, 3.05) is 13.7 Å². The number of nitrogens with one attached hydrogen (secondary N) is 1. The first kappa shape index (κ1) is 12.2. The van der Waals surface area contributed by atoms with Gasteiger partial charge in [0, 0.05) is 6.07 Å². The first-order chi connectivity index (χ1) is 9.36. The molecule has 0 radical (unpaired) electrons. The molecule has 0 amide bonds. The van der Waals surface area contributed by atoms with Gasteiger partial charge < -0.3 is 10.1 Å². The molecule has 2 heterocycles. The van der Waals surface area contributed by atoms with Crippen LogP contribution in [-0.4, -0.2) is 28.6 Å². The number of benzene rings is 1. The fraction of sp³-hybridized carbons (Fsp3) is 0.429. The molecule has 1 atom stereocenters. The molecule has 1 fully saturated rings. The number of rotatable bonds is 3. The Balaban J connectivity index is 1.83. The summed E-state index contributed by atoms with van der Waals surface area (Å²) in [6.45, 7) is 1.07. The minimum absolute atomic E-state index is 0.341. The van der Waals surface area contributed by atoms with Gasteiger partial charge in [0.05, 0.1) is 25.0 Å². The zero-order valence-corrected chi connectivity index (χ0v) is 11.0. The summed E-state index contributed by atoms with van der Waals surface area (Å²) in [5.41, 5.74) is 1.98. The summed E-state index contributed by atoms with van der Waals surface area (Å²) in [7, 11) is 1.66. The molecule has 0 aliphatic carbocycles. The Hall–Kier alpha value is -1.88. The molecule has 1 aliphatic heterocycles. The van der Waals surface area contributed by atoms with Crippen molar-refractivity contribution in [1.82, 2.24) is 20.3 Å². The average molecular weight is 258 g/mol. The minimum atomic E-state index is 0.341. The minimum Gasteiger partial charge on any atom is -0.497 e. The molecular formula is C14H18N4O. The maximum atomic E-state index is 5.23. The third-order valence-corrected chi connectivity index (χ3v) is 3.50. The number of methoxy groups -OCH3 is 1. The number of piperidine rings is 1. The fourth-order valence-electron chi connectivity index (χ4n) is 2.42. The lowest BCUT2D eigenvalue weighted by Gasteiger charge is -2.20. The van der Waals surface area contributed by atoms with E-state index in [1.165, 1.54) is 12.8 Å². The molecule has 1 unspecified atom stereocenters. The van der Waals surface area contributed by atoms with Gasteiger partial charge in [-0.05, 0) is 31.5 Å². The Morgan fingerprint density at radius 1 is 1.37 bits per heavy atom. The molecule has 2 aromatic rings. The molecule has 0 saturated carbocycles. The van der Waals surface area contributed by atoms with Crippen LogP contribution in [0.25, 0.3) is 5.69 Å². The van der Waals surface area contributed by atoms with Gasteiger partial charge in [0.1, 0.15) is 11.4 Å². The van der Waals surface area contributed by atoms with Gasteiger partial charge in [-0.2, -0.15) is 0 Å². The summed E-state index contributed by atoms with van der Waals surface area (Å²) in [4.78, 5) is 0. The predicted molar refractivity (Wildman–Crippen MR) is 72.5 cm³/mol. The van der Waals surface area contributed by atoms with Gasteiger partial charge >= 0.3 is 0 Å². The van der Waals surface area contributed by atoms with Crippen LogP contribution in [0, 0.1) is 0 Å². The molecule has 1 aliphatic rings. The van der Waals surface area contributed by atoms with Gasteiger partial charge in [-0.15, -0.1) is 5.10 Å². The van der Waals surface area contributed by atoms with E-state index >= 15 is 0 Å². The highest BCUT2D eigenvalue weighted by Gasteiger charge is 2.18. The van der Waals surface area contributed by atoms with Gasteiger partial charge in [0.2, 0.25) is 0 Å². The van der Waals surface area contributed by atoms with Crippen LogP contribution in [0.4, 0.5) is 0 Å². The second-order valence-corrected chi connectivity index (χ2v) is 4.79. The van der Waals surface area contributed by atoms with E-state index in [-0.39, 0.29) is 0 Å². The van der Waals surface area contributed by atoms with Crippen molar-refractivity contribution >= 4 is 0 Å². The Labute approximate surface area is 112 Å². The summed E-state index contributed by atoms with van der Waals surface area (Å²) in [5.74, 6) is 0.824. The second kappa shape index (κ2) is 5.40.